The number of rotatable bonds is 4. The summed E-state index contributed by atoms with van der Waals surface area (Å²) < 4.78 is 11.5. The van der Waals surface area contributed by atoms with Crippen LogP contribution in [0.2, 0.25) is 0 Å². The van der Waals surface area contributed by atoms with Gasteiger partial charge in [0.1, 0.15) is 24.3 Å². The molecule has 9 heteroatoms. The van der Waals surface area contributed by atoms with Crippen molar-refractivity contribution in [3.05, 3.63) is 39.2 Å². The van der Waals surface area contributed by atoms with E-state index >= 15 is 0 Å². The van der Waals surface area contributed by atoms with Gasteiger partial charge in [-0.25, -0.2) is 9.59 Å². The number of methoxy groups -OCH3 is 1. The van der Waals surface area contributed by atoms with Crippen LogP contribution in [0, 0.1) is 0 Å². The molecule has 0 radical (unpaired) electrons. The molecular formula is C12H14N2O7. The number of hydrogen-bond acceptors (Lipinski definition) is 7. The molecule has 1 aromatic heterocycles. The van der Waals surface area contributed by atoms with Crippen LogP contribution in [0.5, 0.6) is 0 Å². The van der Waals surface area contributed by atoms with Crippen LogP contribution in [0.3, 0.4) is 0 Å². The maximum atomic E-state index is 11.9. The quantitative estimate of drug-likeness (QED) is 0.517. The molecule has 114 valence electrons. The average Bonchev–Trinajstić information content (AvgIpc) is 2.71. The molecule has 3 N–H and O–H groups in total. The van der Waals surface area contributed by atoms with Gasteiger partial charge in [-0.2, -0.15) is 0 Å². The maximum absolute atomic E-state index is 11.9. The molecule has 0 spiro atoms. The van der Waals surface area contributed by atoms with Gasteiger partial charge >= 0.3 is 5.69 Å². The molecule has 1 aromatic rings. The lowest BCUT2D eigenvalue weighted by molar-refractivity contribution is -0.122. The van der Waals surface area contributed by atoms with Crippen LogP contribution in [0.15, 0.2) is 27.9 Å². The summed E-state index contributed by atoms with van der Waals surface area (Å²) in [7, 11) is 1.25. The zero-order chi connectivity index (χ0) is 15.6. The lowest BCUT2D eigenvalue weighted by atomic mass is 10.0. The third kappa shape index (κ3) is 2.37. The van der Waals surface area contributed by atoms with Crippen molar-refractivity contribution >= 4 is 5.94 Å². The Morgan fingerprint density at radius 3 is 2.86 bits per heavy atom. The summed E-state index contributed by atoms with van der Waals surface area (Å²) in [5, 5.41) is 19.3. The first-order valence-electron chi connectivity index (χ1n) is 6.04. The number of aliphatic hydroxyl groups excluding tert-OH is 2. The molecule has 0 aromatic carbocycles. The summed E-state index contributed by atoms with van der Waals surface area (Å²) >= 11 is 0. The first kappa shape index (κ1) is 15.4. The Morgan fingerprint density at radius 1 is 1.62 bits per heavy atom. The SMILES string of the molecule is CO[C@@H]1[C@H](O)[C@@H](CO)O[C@@]1(C=C=O)n1ccc(=O)[nH]c1=O. The summed E-state index contributed by atoms with van der Waals surface area (Å²) in [5.74, 6) is 1.50. The third-order valence-electron chi connectivity index (χ3n) is 3.34. The van der Waals surface area contributed by atoms with Crippen LogP contribution in [-0.4, -0.2) is 57.7 Å². The first-order chi connectivity index (χ1) is 10.00. The highest BCUT2D eigenvalue weighted by Crippen LogP contribution is 2.37. The molecule has 1 saturated heterocycles. The number of aromatic amines is 1. The molecule has 0 aliphatic carbocycles. The molecule has 1 fully saturated rings. The predicted octanol–water partition coefficient (Wildman–Crippen LogP) is -2.66. The molecule has 9 nitrogen and oxygen atoms in total. The van der Waals surface area contributed by atoms with Gasteiger partial charge in [0.15, 0.2) is 0 Å². The highest BCUT2D eigenvalue weighted by Gasteiger charge is 2.56. The summed E-state index contributed by atoms with van der Waals surface area (Å²) in [6, 6.07) is 1.05. The second kappa shape index (κ2) is 5.76. The first-order valence-corrected chi connectivity index (χ1v) is 6.04. The highest BCUT2D eigenvalue weighted by molar-refractivity contribution is 5.48. The van der Waals surface area contributed by atoms with Crippen LogP contribution in [0.1, 0.15) is 0 Å². The van der Waals surface area contributed by atoms with Gasteiger partial charge in [-0.05, 0) is 0 Å². The standard InChI is InChI=1S/C12H14N2O7/c1-20-10-9(18)7(6-16)21-12(10,3-5-15)14-4-2-8(17)13-11(14)19/h2-4,7,9-10,16,18H,6H2,1H3,(H,13,17,19)/t7-,9-,10-,12-/m1/s1. The number of nitrogens with zero attached hydrogens (tertiary/aromatic N) is 1. The maximum Gasteiger partial charge on any atom is 0.331 e. The molecule has 2 heterocycles. The molecule has 1 aliphatic rings. The van der Waals surface area contributed by atoms with Crippen LogP contribution >= 0.6 is 0 Å². The largest absolute Gasteiger partial charge is 0.394 e. The molecule has 4 atom stereocenters. The summed E-state index contributed by atoms with van der Waals surface area (Å²) in [4.78, 5) is 35.9. The second-order valence-corrected chi connectivity index (χ2v) is 4.48. The number of aliphatic hydroxyl groups is 2. The van der Waals surface area contributed by atoms with E-state index in [1.54, 1.807) is 0 Å². The number of aromatic nitrogens is 2. The van der Waals surface area contributed by atoms with Gasteiger partial charge in [-0.1, -0.05) is 0 Å². The molecule has 0 amide bonds. The zero-order valence-corrected chi connectivity index (χ0v) is 11.1. The molecule has 2 rings (SSSR count). The zero-order valence-electron chi connectivity index (χ0n) is 11.1. The lowest BCUT2D eigenvalue weighted by Gasteiger charge is -2.31. The van der Waals surface area contributed by atoms with Crippen molar-refractivity contribution in [3.8, 4) is 0 Å². The van der Waals surface area contributed by atoms with Gasteiger partial charge in [0.2, 0.25) is 5.72 Å². The van der Waals surface area contributed by atoms with Crippen LogP contribution in [-0.2, 0) is 20.0 Å². The summed E-state index contributed by atoms with van der Waals surface area (Å²) in [5.41, 5.74) is -3.31. The van der Waals surface area contributed by atoms with Gasteiger partial charge in [0, 0.05) is 19.4 Å². The van der Waals surface area contributed by atoms with Crippen molar-refractivity contribution in [1.82, 2.24) is 9.55 Å². The van der Waals surface area contributed by atoms with Gasteiger partial charge in [-0.15, -0.1) is 0 Å². The molecule has 0 saturated carbocycles. The summed E-state index contributed by atoms with van der Waals surface area (Å²) in [6.45, 7) is -0.548. The predicted molar refractivity (Wildman–Crippen MR) is 68.3 cm³/mol. The van der Waals surface area contributed by atoms with E-state index < -0.39 is 41.9 Å². The van der Waals surface area contributed by atoms with Crippen molar-refractivity contribution in [2.24, 2.45) is 0 Å². The second-order valence-electron chi connectivity index (χ2n) is 4.48. The topological polar surface area (TPSA) is 131 Å². The fourth-order valence-corrected chi connectivity index (χ4v) is 2.43. The van der Waals surface area contributed by atoms with Gasteiger partial charge < -0.3 is 19.7 Å². The van der Waals surface area contributed by atoms with Crippen LogP contribution < -0.4 is 11.2 Å². The Labute approximate surface area is 118 Å². The Balaban J connectivity index is 2.68. The Bertz CT molecular complexity index is 675. The van der Waals surface area contributed by atoms with E-state index in [1.807, 2.05) is 4.98 Å². The fourth-order valence-electron chi connectivity index (χ4n) is 2.43. The van der Waals surface area contributed by atoms with Crippen molar-refractivity contribution in [2.45, 2.75) is 24.0 Å². The minimum atomic E-state index is -1.81. The third-order valence-corrected chi connectivity index (χ3v) is 3.34. The smallest absolute Gasteiger partial charge is 0.331 e. The van der Waals surface area contributed by atoms with E-state index in [-0.39, 0.29) is 0 Å². The normalized spacial score (nSPS) is 31.9. The minimum Gasteiger partial charge on any atom is -0.394 e. The van der Waals surface area contributed by atoms with Crippen molar-refractivity contribution in [1.29, 1.82) is 0 Å². The lowest BCUT2D eigenvalue weighted by Crippen LogP contribution is -2.51. The summed E-state index contributed by atoms with van der Waals surface area (Å²) in [6.07, 6.45) is -1.55. The van der Waals surface area contributed by atoms with Gasteiger partial charge in [0.25, 0.3) is 5.56 Å². The van der Waals surface area contributed by atoms with Crippen molar-refractivity contribution in [2.75, 3.05) is 13.7 Å². The van der Waals surface area contributed by atoms with Gasteiger partial charge in [0.05, 0.1) is 12.7 Å². The van der Waals surface area contributed by atoms with E-state index in [0.29, 0.717) is 0 Å². The van der Waals surface area contributed by atoms with E-state index in [9.17, 15) is 24.6 Å². The van der Waals surface area contributed by atoms with Crippen LogP contribution in [0.4, 0.5) is 0 Å². The average molecular weight is 298 g/mol. The highest BCUT2D eigenvalue weighted by atomic mass is 16.6. The molecule has 1 aliphatic heterocycles. The van der Waals surface area contributed by atoms with Crippen molar-refractivity contribution < 1.29 is 24.5 Å². The minimum absolute atomic E-state index is 0.548. The Hall–Kier alpha value is -2.03. The fraction of sp³-hybridized carbons (Fsp3) is 0.500. The number of ether oxygens (including phenoxy) is 2. The van der Waals surface area contributed by atoms with Gasteiger partial charge in [-0.3, -0.25) is 14.3 Å². The molecule has 0 unspecified atom stereocenters. The number of hydrogen-bond donors (Lipinski definition) is 3. The number of carbonyl (C=O) groups excluding carboxylic acids is 1. The van der Waals surface area contributed by atoms with E-state index in [0.717, 1.165) is 22.9 Å². The van der Waals surface area contributed by atoms with E-state index in [4.69, 9.17) is 9.47 Å². The van der Waals surface area contributed by atoms with E-state index in [2.05, 4.69) is 0 Å². The Morgan fingerprint density at radius 2 is 2.33 bits per heavy atom. The molecular weight excluding hydrogens is 284 g/mol. The van der Waals surface area contributed by atoms with Crippen LogP contribution in [0.25, 0.3) is 0 Å². The van der Waals surface area contributed by atoms with Crippen molar-refractivity contribution in [3.63, 3.8) is 0 Å². The molecule has 0 bridgehead atoms. The monoisotopic (exact) mass is 298 g/mol. The number of H-pyrrole nitrogens is 1. The van der Waals surface area contributed by atoms with E-state index in [1.165, 1.54) is 13.1 Å². The number of nitrogens with one attached hydrogen (secondary N) is 1. The Kier molecular flexibility index (Phi) is 4.21. The molecule has 21 heavy (non-hydrogen) atoms.